The number of hydrogen-bond donors (Lipinski definition) is 0. The standard InChI is InChI=1S/C16H14BrCl2FO/c1-2-7-21-15-6-3-10(8-13(15)17)16(19)12-9-11(18)4-5-14(12)20/h3-6,8-9,16H,2,7H2,1H3. The molecule has 0 spiro atoms. The maximum Gasteiger partial charge on any atom is 0.133 e. The third-order valence-corrected chi connectivity index (χ3v) is 4.28. The molecule has 0 saturated carbocycles. The van der Waals surface area contributed by atoms with Crippen molar-refractivity contribution < 1.29 is 9.13 Å². The van der Waals surface area contributed by atoms with Crippen LogP contribution in [-0.4, -0.2) is 6.61 Å². The zero-order valence-electron chi connectivity index (χ0n) is 11.4. The van der Waals surface area contributed by atoms with Gasteiger partial charge >= 0.3 is 0 Å². The largest absolute Gasteiger partial charge is 0.492 e. The van der Waals surface area contributed by atoms with Gasteiger partial charge in [0.25, 0.3) is 0 Å². The molecule has 0 aliphatic heterocycles. The van der Waals surface area contributed by atoms with E-state index in [0.717, 1.165) is 22.2 Å². The molecule has 2 aromatic carbocycles. The molecule has 0 saturated heterocycles. The van der Waals surface area contributed by atoms with Crippen LogP contribution in [0.25, 0.3) is 0 Å². The van der Waals surface area contributed by atoms with Crippen LogP contribution < -0.4 is 4.74 Å². The fourth-order valence-electron chi connectivity index (χ4n) is 1.89. The first-order chi connectivity index (χ1) is 10.0. The monoisotopic (exact) mass is 390 g/mol. The van der Waals surface area contributed by atoms with E-state index in [0.29, 0.717) is 17.2 Å². The van der Waals surface area contributed by atoms with Gasteiger partial charge < -0.3 is 4.74 Å². The molecule has 0 heterocycles. The third kappa shape index (κ3) is 4.12. The molecule has 0 bridgehead atoms. The number of halogens is 4. The second-order valence-electron chi connectivity index (χ2n) is 4.57. The van der Waals surface area contributed by atoms with Gasteiger partial charge in [0.05, 0.1) is 16.5 Å². The summed E-state index contributed by atoms with van der Waals surface area (Å²) >= 11 is 15.7. The van der Waals surface area contributed by atoms with Gasteiger partial charge in [0.15, 0.2) is 0 Å². The maximum absolute atomic E-state index is 13.9. The highest BCUT2D eigenvalue weighted by Crippen LogP contribution is 2.36. The minimum atomic E-state index is -0.611. The average Bonchev–Trinajstić information content (AvgIpc) is 2.47. The van der Waals surface area contributed by atoms with E-state index in [2.05, 4.69) is 15.9 Å². The first-order valence-corrected chi connectivity index (χ1v) is 8.15. The summed E-state index contributed by atoms with van der Waals surface area (Å²) < 4.78 is 20.2. The molecule has 112 valence electrons. The lowest BCUT2D eigenvalue weighted by atomic mass is 10.0. The quantitative estimate of drug-likeness (QED) is 0.539. The molecular weight excluding hydrogens is 378 g/mol. The van der Waals surface area contributed by atoms with Gasteiger partial charge in [-0.15, -0.1) is 11.6 Å². The van der Waals surface area contributed by atoms with Gasteiger partial charge in [-0.3, -0.25) is 0 Å². The summed E-state index contributed by atoms with van der Waals surface area (Å²) in [5.74, 6) is 0.373. The van der Waals surface area contributed by atoms with E-state index in [1.54, 1.807) is 6.07 Å². The Kier molecular flexibility index (Phi) is 5.91. The van der Waals surface area contributed by atoms with Crippen LogP contribution >= 0.6 is 39.1 Å². The third-order valence-electron chi connectivity index (χ3n) is 2.94. The minimum absolute atomic E-state index is 0.360. The molecule has 0 aliphatic carbocycles. The van der Waals surface area contributed by atoms with Crippen LogP contribution in [0.4, 0.5) is 4.39 Å². The first kappa shape index (κ1) is 16.6. The summed E-state index contributed by atoms with van der Waals surface area (Å²) in [6, 6.07) is 9.86. The lowest BCUT2D eigenvalue weighted by Gasteiger charge is -2.14. The average molecular weight is 392 g/mol. The molecule has 21 heavy (non-hydrogen) atoms. The number of benzene rings is 2. The summed E-state index contributed by atoms with van der Waals surface area (Å²) in [4.78, 5) is 0. The van der Waals surface area contributed by atoms with Crippen molar-refractivity contribution in [1.82, 2.24) is 0 Å². The molecule has 0 aliphatic rings. The van der Waals surface area contributed by atoms with Gasteiger partial charge in [-0.1, -0.05) is 24.6 Å². The Balaban J connectivity index is 2.29. The first-order valence-electron chi connectivity index (χ1n) is 6.54. The summed E-state index contributed by atoms with van der Waals surface area (Å²) in [7, 11) is 0. The van der Waals surface area contributed by atoms with Gasteiger partial charge in [0.1, 0.15) is 11.6 Å². The van der Waals surface area contributed by atoms with Gasteiger partial charge in [-0.25, -0.2) is 4.39 Å². The number of alkyl halides is 1. The zero-order chi connectivity index (χ0) is 15.4. The molecule has 2 aromatic rings. The number of hydrogen-bond acceptors (Lipinski definition) is 1. The highest BCUT2D eigenvalue weighted by Gasteiger charge is 2.17. The Morgan fingerprint density at radius 3 is 2.67 bits per heavy atom. The van der Waals surface area contributed by atoms with E-state index >= 15 is 0 Å². The molecule has 1 nitrogen and oxygen atoms in total. The Morgan fingerprint density at radius 2 is 2.00 bits per heavy atom. The lowest BCUT2D eigenvalue weighted by Crippen LogP contribution is -1.99. The molecule has 1 unspecified atom stereocenters. The van der Waals surface area contributed by atoms with Crippen LogP contribution in [0.5, 0.6) is 5.75 Å². The van der Waals surface area contributed by atoms with E-state index in [1.807, 2.05) is 25.1 Å². The van der Waals surface area contributed by atoms with Crippen LogP contribution in [-0.2, 0) is 0 Å². The normalized spacial score (nSPS) is 12.2. The van der Waals surface area contributed by atoms with Gasteiger partial charge in [0, 0.05) is 10.6 Å². The van der Waals surface area contributed by atoms with Crippen molar-refractivity contribution in [3.63, 3.8) is 0 Å². The maximum atomic E-state index is 13.9. The van der Waals surface area contributed by atoms with Crippen molar-refractivity contribution in [2.24, 2.45) is 0 Å². The van der Waals surface area contributed by atoms with Crippen LogP contribution in [0.2, 0.25) is 5.02 Å². The molecule has 0 radical (unpaired) electrons. The Morgan fingerprint density at radius 1 is 1.24 bits per heavy atom. The molecule has 1 atom stereocenters. The predicted octanol–water partition coefficient (Wildman–Crippen LogP) is 6.36. The molecule has 2 rings (SSSR count). The Hall–Kier alpha value is -0.770. The smallest absolute Gasteiger partial charge is 0.133 e. The molecule has 0 aromatic heterocycles. The predicted molar refractivity (Wildman–Crippen MR) is 89.0 cm³/mol. The fourth-order valence-corrected chi connectivity index (χ4v) is 2.89. The Bertz CT molecular complexity index is 634. The molecular formula is C16H14BrCl2FO. The van der Waals surface area contributed by atoms with Crippen molar-refractivity contribution in [2.45, 2.75) is 18.7 Å². The van der Waals surface area contributed by atoms with Crippen molar-refractivity contribution in [3.05, 3.63) is 62.8 Å². The van der Waals surface area contributed by atoms with E-state index in [4.69, 9.17) is 27.9 Å². The fraction of sp³-hybridized carbons (Fsp3) is 0.250. The SMILES string of the molecule is CCCOc1ccc(C(Cl)c2cc(Cl)ccc2F)cc1Br. The van der Waals surface area contributed by atoms with Crippen molar-refractivity contribution >= 4 is 39.1 Å². The van der Waals surface area contributed by atoms with Gasteiger partial charge in [-0.2, -0.15) is 0 Å². The zero-order valence-corrected chi connectivity index (χ0v) is 14.5. The van der Waals surface area contributed by atoms with Crippen molar-refractivity contribution in [3.8, 4) is 5.75 Å². The second-order valence-corrected chi connectivity index (χ2v) is 6.29. The highest BCUT2D eigenvalue weighted by atomic mass is 79.9. The summed E-state index contributed by atoms with van der Waals surface area (Å²) in [6.07, 6.45) is 0.931. The van der Waals surface area contributed by atoms with Crippen LogP contribution in [0.15, 0.2) is 40.9 Å². The number of rotatable bonds is 5. The van der Waals surface area contributed by atoms with Gasteiger partial charge in [0.2, 0.25) is 0 Å². The van der Waals surface area contributed by atoms with Crippen LogP contribution in [0.1, 0.15) is 29.8 Å². The van der Waals surface area contributed by atoms with Crippen molar-refractivity contribution in [1.29, 1.82) is 0 Å². The van der Waals surface area contributed by atoms with Crippen LogP contribution in [0.3, 0.4) is 0 Å². The molecule has 0 N–H and O–H groups in total. The molecule has 0 amide bonds. The van der Waals surface area contributed by atoms with E-state index in [9.17, 15) is 4.39 Å². The topological polar surface area (TPSA) is 9.23 Å². The van der Waals surface area contributed by atoms with E-state index in [1.165, 1.54) is 12.1 Å². The van der Waals surface area contributed by atoms with Crippen molar-refractivity contribution in [2.75, 3.05) is 6.61 Å². The summed E-state index contributed by atoms with van der Waals surface area (Å²) in [6.45, 7) is 2.68. The highest BCUT2D eigenvalue weighted by molar-refractivity contribution is 9.10. The van der Waals surface area contributed by atoms with Crippen LogP contribution in [0, 0.1) is 5.82 Å². The lowest BCUT2D eigenvalue weighted by molar-refractivity contribution is 0.315. The summed E-state index contributed by atoms with van der Waals surface area (Å²) in [5.41, 5.74) is 1.13. The van der Waals surface area contributed by atoms with E-state index < -0.39 is 5.38 Å². The minimum Gasteiger partial charge on any atom is -0.492 e. The van der Waals surface area contributed by atoms with Gasteiger partial charge in [-0.05, 0) is 58.2 Å². The summed E-state index contributed by atoms with van der Waals surface area (Å²) in [5, 5.41) is -0.153. The molecule has 0 fully saturated rings. The Labute approximate surface area is 142 Å². The number of ether oxygens (including phenoxy) is 1. The molecule has 5 heteroatoms. The van der Waals surface area contributed by atoms with E-state index in [-0.39, 0.29) is 5.82 Å². The second kappa shape index (κ2) is 7.48.